The van der Waals surface area contributed by atoms with Gasteiger partial charge in [0.05, 0.1) is 23.4 Å². The van der Waals surface area contributed by atoms with Crippen LogP contribution >= 0.6 is 0 Å². The van der Waals surface area contributed by atoms with Crippen molar-refractivity contribution in [2.75, 3.05) is 13.1 Å². The van der Waals surface area contributed by atoms with Crippen LogP contribution in [0, 0.1) is 46.8 Å². The van der Waals surface area contributed by atoms with Crippen molar-refractivity contribution in [3.05, 3.63) is 0 Å². The molecule has 0 aromatic heterocycles. The Balaban J connectivity index is 1.40. The number of fused-ring (bicyclic) bond motifs is 8. The van der Waals surface area contributed by atoms with E-state index in [1.807, 2.05) is 6.92 Å². The number of Topliss-reactive ketones (excluding diaryl/α,β-unsaturated/α-hetero) is 1. The summed E-state index contributed by atoms with van der Waals surface area (Å²) in [7, 11) is 0. The number of hydrogen-bond donors (Lipinski definition) is 5. The number of carbonyl (C=O) groups is 1. The van der Waals surface area contributed by atoms with Crippen LogP contribution in [0.3, 0.4) is 0 Å². The highest BCUT2D eigenvalue weighted by Crippen LogP contribution is 2.68. The Morgan fingerprint density at radius 3 is 2.41 bits per heavy atom. The van der Waals surface area contributed by atoms with Gasteiger partial charge in [0, 0.05) is 43.3 Å². The van der Waals surface area contributed by atoms with Crippen molar-refractivity contribution in [1.29, 1.82) is 0 Å². The molecule has 192 valence electrons. The van der Waals surface area contributed by atoms with E-state index >= 15 is 0 Å². The number of rotatable bonds is 0. The third-order valence-corrected chi connectivity index (χ3v) is 11.9. The molecule has 0 aromatic rings. The first-order valence-electron chi connectivity index (χ1n) is 13.7. The Labute approximate surface area is 202 Å². The summed E-state index contributed by atoms with van der Waals surface area (Å²) in [6, 6.07) is 0.0170. The highest BCUT2D eigenvalue weighted by Gasteiger charge is 2.73. The number of nitrogens with zero attached hydrogens (tertiary/aromatic N) is 1. The Morgan fingerprint density at radius 1 is 0.941 bits per heavy atom. The quantitative estimate of drug-likeness (QED) is 0.352. The summed E-state index contributed by atoms with van der Waals surface area (Å²) in [4.78, 5) is 15.8. The average molecular weight is 478 g/mol. The summed E-state index contributed by atoms with van der Waals surface area (Å²) >= 11 is 0. The number of piperidine rings is 2. The smallest absolute Gasteiger partial charge is 0.165 e. The fourth-order valence-corrected chi connectivity index (χ4v) is 10.5. The maximum Gasteiger partial charge on any atom is 0.165 e. The Kier molecular flexibility index (Phi) is 5.24. The van der Waals surface area contributed by atoms with E-state index in [0.29, 0.717) is 31.6 Å². The first-order valence-corrected chi connectivity index (χ1v) is 13.7. The van der Waals surface area contributed by atoms with Crippen LogP contribution in [0.1, 0.15) is 65.7 Å². The molecule has 34 heavy (non-hydrogen) atoms. The second-order valence-corrected chi connectivity index (χ2v) is 13.6. The molecule has 2 saturated heterocycles. The molecule has 14 atom stereocenters. The predicted octanol–water partition coefficient (Wildman–Crippen LogP) is 0.943. The zero-order valence-corrected chi connectivity index (χ0v) is 20.8. The maximum absolute atomic E-state index is 13.4. The molecule has 0 unspecified atom stereocenters. The molecule has 0 aromatic carbocycles. The van der Waals surface area contributed by atoms with Gasteiger partial charge in [0.25, 0.3) is 0 Å². The van der Waals surface area contributed by atoms with Crippen molar-refractivity contribution in [3.8, 4) is 0 Å². The van der Waals surface area contributed by atoms with Crippen LogP contribution in [-0.2, 0) is 4.79 Å². The van der Waals surface area contributed by atoms with Gasteiger partial charge in [0.1, 0.15) is 6.10 Å². The summed E-state index contributed by atoms with van der Waals surface area (Å²) in [6.07, 6.45) is 1.87. The Hall–Kier alpha value is -0.570. The average Bonchev–Trinajstić information content (AvgIpc) is 3.06. The largest absolute Gasteiger partial charge is 0.393 e. The maximum atomic E-state index is 13.4. The lowest BCUT2D eigenvalue weighted by Crippen LogP contribution is -2.72. The molecule has 6 aliphatic rings. The van der Waals surface area contributed by atoms with E-state index in [0.717, 1.165) is 25.9 Å². The summed E-state index contributed by atoms with van der Waals surface area (Å²) in [5.74, 6) is -1.30. The molecule has 4 saturated carbocycles. The minimum atomic E-state index is -1.32. The van der Waals surface area contributed by atoms with Crippen molar-refractivity contribution in [2.24, 2.45) is 46.8 Å². The molecule has 2 aliphatic heterocycles. The van der Waals surface area contributed by atoms with E-state index in [2.05, 4.69) is 18.7 Å². The predicted molar refractivity (Wildman–Crippen MR) is 124 cm³/mol. The van der Waals surface area contributed by atoms with E-state index in [-0.39, 0.29) is 47.3 Å². The first-order chi connectivity index (χ1) is 15.9. The van der Waals surface area contributed by atoms with Crippen LogP contribution < -0.4 is 0 Å². The number of aliphatic hydroxyl groups is 5. The van der Waals surface area contributed by atoms with Gasteiger partial charge in [-0.05, 0) is 74.5 Å². The van der Waals surface area contributed by atoms with Crippen molar-refractivity contribution in [3.63, 3.8) is 0 Å². The highest BCUT2D eigenvalue weighted by molar-refractivity contribution is 5.88. The van der Waals surface area contributed by atoms with Crippen LogP contribution in [0.25, 0.3) is 0 Å². The van der Waals surface area contributed by atoms with Gasteiger partial charge < -0.3 is 25.5 Å². The molecular weight excluding hydrogens is 434 g/mol. The van der Waals surface area contributed by atoms with Gasteiger partial charge >= 0.3 is 0 Å². The highest BCUT2D eigenvalue weighted by atomic mass is 16.3. The molecule has 2 heterocycles. The summed E-state index contributed by atoms with van der Waals surface area (Å²) in [5.41, 5.74) is -2.74. The van der Waals surface area contributed by atoms with Crippen LogP contribution in [0.15, 0.2) is 0 Å². The molecule has 7 heteroatoms. The molecule has 0 radical (unpaired) electrons. The summed E-state index contributed by atoms with van der Waals surface area (Å²) in [6.45, 7) is 7.90. The van der Waals surface area contributed by atoms with Crippen molar-refractivity contribution >= 4 is 5.78 Å². The summed E-state index contributed by atoms with van der Waals surface area (Å²) in [5, 5.41) is 57.1. The lowest BCUT2D eigenvalue weighted by atomic mass is 9.50. The second kappa shape index (κ2) is 7.48. The Bertz CT molecular complexity index is 864. The molecular formula is C27H43NO6. The first kappa shape index (κ1) is 23.8. The zero-order valence-electron chi connectivity index (χ0n) is 20.8. The van der Waals surface area contributed by atoms with Crippen molar-refractivity contribution in [2.45, 2.75) is 101 Å². The van der Waals surface area contributed by atoms with Crippen LogP contribution in [-0.4, -0.2) is 84.9 Å². The van der Waals surface area contributed by atoms with Gasteiger partial charge in [-0.3, -0.25) is 9.69 Å². The minimum Gasteiger partial charge on any atom is -0.393 e. The van der Waals surface area contributed by atoms with Gasteiger partial charge in [-0.15, -0.1) is 0 Å². The zero-order chi connectivity index (χ0) is 24.4. The van der Waals surface area contributed by atoms with Gasteiger partial charge in [-0.25, -0.2) is 0 Å². The third kappa shape index (κ3) is 2.94. The lowest BCUT2D eigenvalue weighted by molar-refractivity contribution is -0.244. The fourth-order valence-electron chi connectivity index (χ4n) is 10.5. The monoisotopic (exact) mass is 477 g/mol. The molecule has 0 amide bonds. The number of carbonyl (C=O) groups excluding carboxylic acids is 1. The van der Waals surface area contributed by atoms with Gasteiger partial charge in [-0.2, -0.15) is 0 Å². The SMILES string of the molecule is C[C@H]1CC[C@@H]2N(C1)C[C@@H]1[C@H]([C@@H](O)C[C@]3(O)[C@@H]4[C@H](O)C(=O)[C@H]5C[C@@H](O)CC[C@]5(C)[C@H]4C[C@@H]13)[C@]2(C)O. The minimum absolute atomic E-state index is 0.0170. The van der Waals surface area contributed by atoms with E-state index in [4.69, 9.17) is 0 Å². The molecule has 6 fully saturated rings. The molecule has 5 N–H and O–H groups in total. The second-order valence-electron chi connectivity index (χ2n) is 13.6. The number of hydrogen-bond acceptors (Lipinski definition) is 7. The van der Waals surface area contributed by atoms with Crippen LogP contribution in [0.5, 0.6) is 0 Å². The van der Waals surface area contributed by atoms with Crippen molar-refractivity contribution in [1.82, 2.24) is 4.90 Å². The third-order valence-electron chi connectivity index (χ3n) is 11.9. The lowest BCUT2D eigenvalue weighted by Gasteiger charge is -2.62. The standard InChI is InChI=1S/C27H43NO6/c1-13-4-5-20-26(3,33)21-15(12-28(20)11-13)16-9-17-22(27(16,34)10-19(21)30)24(32)23(31)18-8-14(29)6-7-25(17,18)2/h13-22,24,29-30,32-34H,4-12H2,1-3H3/t13-,14-,15-,16-,17-,18+,19-,20-,21+,22-,24-,25+,26+,27+/m0/s1. The van der Waals surface area contributed by atoms with Gasteiger partial charge in [0.2, 0.25) is 0 Å². The molecule has 7 nitrogen and oxygen atoms in total. The van der Waals surface area contributed by atoms with Gasteiger partial charge in [-0.1, -0.05) is 13.8 Å². The van der Waals surface area contributed by atoms with Gasteiger partial charge in [0.15, 0.2) is 5.78 Å². The summed E-state index contributed by atoms with van der Waals surface area (Å²) < 4.78 is 0. The number of aliphatic hydroxyl groups excluding tert-OH is 3. The number of ketones is 1. The molecule has 0 bridgehead atoms. The Morgan fingerprint density at radius 2 is 1.68 bits per heavy atom. The van der Waals surface area contributed by atoms with Crippen LogP contribution in [0.4, 0.5) is 0 Å². The van der Waals surface area contributed by atoms with E-state index in [1.165, 1.54) is 0 Å². The topological polar surface area (TPSA) is 121 Å². The molecule has 0 spiro atoms. The molecule has 6 rings (SSSR count). The van der Waals surface area contributed by atoms with E-state index in [9.17, 15) is 30.3 Å². The normalized spacial score (nSPS) is 61.6. The van der Waals surface area contributed by atoms with Crippen molar-refractivity contribution < 1.29 is 30.3 Å². The van der Waals surface area contributed by atoms with E-state index < -0.39 is 41.3 Å². The van der Waals surface area contributed by atoms with Crippen LogP contribution in [0.2, 0.25) is 0 Å². The fraction of sp³-hybridized carbons (Fsp3) is 0.963. The van der Waals surface area contributed by atoms with E-state index in [1.54, 1.807) is 0 Å². The molecule has 4 aliphatic carbocycles.